The lowest BCUT2D eigenvalue weighted by molar-refractivity contribution is -0.140. The van der Waals surface area contributed by atoms with E-state index in [1.807, 2.05) is 47.8 Å². The summed E-state index contributed by atoms with van der Waals surface area (Å²) in [6.07, 6.45) is 0. The predicted octanol–water partition coefficient (Wildman–Crippen LogP) is 6.82. The molecular formula is C29H22ClNO5S. The summed E-state index contributed by atoms with van der Waals surface area (Å²) in [7, 11) is 1.46. The molecule has 4 aromatic rings. The van der Waals surface area contributed by atoms with E-state index >= 15 is 0 Å². The van der Waals surface area contributed by atoms with Gasteiger partial charge in [0, 0.05) is 9.90 Å². The van der Waals surface area contributed by atoms with Crippen molar-refractivity contribution in [3.8, 4) is 17.2 Å². The highest BCUT2D eigenvalue weighted by molar-refractivity contribution is 7.09. The van der Waals surface area contributed by atoms with Gasteiger partial charge in [0.2, 0.25) is 0 Å². The van der Waals surface area contributed by atoms with E-state index in [1.54, 1.807) is 36.4 Å². The number of ketones is 1. The molecule has 1 fully saturated rings. The molecule has 1 aliphatic rings. The van der Waals surface area contributed by atoms with Crippen LogP contribution >= 0.6 is 22.9 Å². The van der Waals surface area contributed by atoms with Crippen molar-refractivity contribution in [3.63, 3.8) is 0 Å². The Morgan fingerprint density at radius 3 is 2.49 bits per heavy atom. The minimum atomic E-state index is -0.856. The molecule has 0 bridgehead atoms. The van der Waals surface area contributed by atoms with Crippen LogP contribution in [0.1, 0.15) is 22.0 Å². The third-order valence-corrected chi connectivity index (χ3v) is 7.11. The minimum Gasteiger partial charge on any atom is -0.507 e. The van der Waals surface area contributed by atoms with Gasteiger partial charge in [-0.05, 0) is 59.5 Å². The predicted molar refractivity (Wildman–Crippen MR) is 143 cm³/mol. The van der Waals surface area contributed by atoms with Crippen LogP contribution in [0.2, 0.25) is 5.02 Å². The normalized spacial score (nSPS) is 16.7. The number of benzene rings is 3. The number of ether oxygens (including phenoxy) is 2. The van der Waals surface area contributed by atoms with Gasteiger partial charge in [-0.15, -0.1) is 11.3 Å². The molecule has 1 unspecified atom stereocenters. The Hall–Kier alpha value is -4.07. The zero-order valence-electron chi connectivity index (χ0n) is 19.8. The maximum Gasteiger partial charge on any atom is 0.295 e. The van der Waals surface area contributed by atoms with Gasteiger partial charge in [0.1, 0.15) is 23.0 Å². The molecule has 37 heavy (non-hydrogen) atoms. The number of nitrogens with zero attached hydrogens (tertiary/aromatic N) is 1. The molecular weight excluding hydrogens is 510 g/mol. The van der Waals surface area contributed by atoms with Crippen LogP contribution in [0.4, 0.5) is 0 Å². The van der Waals surface area contributed by atoms with Crippen LogP contribution in [0.5, 0.6) is 17.2 Å². The highest BCUT2D eigenvalue weighted by atomic mass is 35.5. The van der Waals surface area contributed by atoms with Crippen LogP contribution in [-0.2, 0) is 16.1 Å². The number of methoxy groups -OCH3 is 1. The van der Waals surface area contributed by atoms with E-state index in [0.29, 0.717) is 27.8 Å². The second-order valence-electron chi connectivity index (χ2n) is 8.34. The summed E-state index contributed by atoms with van der Waals surface area (Å²) < 4.78 is 11.4. The van der Waals surface area contributed by atoms with E-state index in [9.17, 15) is 14.7 Å². The van der Waals surface area contributed by atoms with Crippen LogP contribution in [0.15, 0.2) is 95.9 Å². The summed E-state index contributed by atoms with van der Waals surface area (Å²) in [5.41, 5.74) is 0.802. The number of rotatable bonds is 7. The molecule has 1 atom stereocenters. The van der Waals surface area contributed by atoms with Crippen molar-refractivity contribution in [3.05, 3.63) is 117 Å². The Labute approximate surface area is 223 Å². The summed E-state index contributed by atoms with van der Waals surface area (Å²) in [6.45, 7) is 0.208. The van der Waals surface area contributed by atoms with Crippen molar-refractivity contribution in [1.29, 1.82) is 0 Å². The van der Waals surface area contributed by atoms with Gasteiger partial charge in [-0.3, -0.25) is 9.59 Å². The van der Waals surface area contributed by atoms with Gasteiger partial charge < -0.3 is 19.5 Å². The first-order valence-corrected chi connectivity index (χ1v) is 12.7. The third-order valence-electron chi connectivity index (χ3n) is 6.02. The van der Waals surface area contributed by atoms with Gasteiger partial charge in [-0.1, -0.05) is 48.0 Å². The quantitative estimate of drug-likeness (QED) is 0.161. The molecule has 1 saturated heterocycles. The molecule has 0 saturated carbocycles. The molecule has 2 heterocycles. The molecule has 3 aromatic carbocycles. The SMILES string of the molecule is COc1ccc(Cl)cc1/C(O)=C1\C(=O)C(=O)N(Cc2cccs2)C1c1cccc(Oc2ccccc2)c1. The average molecular weight is 532 g/mol. The first kappa shape index (κ1) is 24.6. The zero-order valence-corrected chi connectivity index (χ0v) is 21.3. The second kappa shape index (κ2) is 10.5. The van der Waals surface area contributed by atoms with E-state index in [-0.39, 0.29) is 23.4 Å². The number of aliphatic hydroxyl groups excluding tert-OH is 1. The number of thiophene rings is 1. The van der Waals surface area contributed by atoms with Gasteiger partial charge in [0.25, 0.3) is 11.7 Å². The molecule has 0 radical (unpaired) electrons. The summed E-state index contributed by atoms with van der Waals surface area (Å²) in [5.74, 6) is -0.329. The van der Waals surface area contributed by atoms with Gasteiger partial charge in [-0.25, -0.2) is 0 Å². The van der Waals surface area contributed by atoms with Gasteiger partial charge >= 0.3 is 0 Å². The minimum absolute atomic E-state index is 0.0426. The van der Waals surface area contributed by atoms with Crippen LogP contribution < -0.4 is 9.47 Å². The zero-order chi connectivity index (χ0) is 25.9. The van der Waals surface area contributed by atoms with Crippen molar-refractivity contribution in [2.45, 2.75) is 12.6 Å². The molecule has 186 valence electrons. The lowest BCUT2D eigenvalue weighted by Gasteiger charge is -2.25. The van der Waals surface area contributed by atoms with Crippen LogP contribution in [-0.4, -0.2) is 28.8 Å². The second-order valence-corrected chi connectivity index (χ2v) is 9.81. The number of carbonyl (C=O) groups excluding carboxylic acids is 2. The highest BCUT2D eigenvalue weighted by Gasteiger charge is 2.46. The molecule has 1 N–H and O–H groups in total. The molecule has 0 spiro atoms. The molecule has 0 aliphatic carbocycles. The summed E-state index contributed by atoms with van der Waals surface area (Å²) in [6, 6.07) is 24.1. The Morgan fingerprint density at radius 1 is 0.973 bits per heavy atom. The Balaban J connectivity index is 1.65. The average Bonchev–Trinajstić information content (AvgIpc) is 3.51. The fourth-order valence-corrected chi connectivity index (χ4v) is 5.22. The summed E-state index contributed by atoms with van der Waals surface area (Å²) in [5, 5.41) is 13.7. The third kappa shape index (κ3) is 4.96. The van der Waals surface area contributed by atoms with Crippen LogP contribution in [0.25, 0.3) is 5.76 Å². The summed E-state index contributed by atoms with van der Waals surface area (Å²) >= 11 is 7.68. The highest BCUT2D eigenvalue weighted by Crippen LogP contribution is 2.43. The van der Waals surface area contributed by atoms with Crippen LogP contribution in [0, 0.1) is 0 Å². The topological polar surface area (TPSA) is 76.1 Å². The Bertz CT molecular complexity index is 1480. The first-order valence-electron chi connectivity index (χ1n) is 11.4. The fourth-order valence-electron chi connectivity index (χ4n) is 4.34. The number of Topliss-reactive ketones (excluding diaryl/α,β-unsaturated/α-hetero) is 1. The molecule has 6 nitrogen and oxygen atoms in total. The van der Waals surface area contributed by atoms with E-state index in [2.05, 4.69) is 0 Å². The lowest BCUT2D eigenvalue weighted by atomic mass is 9.94. The smallest absolute Gasteiger partial charge is 0.295 e. The monoisotopic (exact) mass is 531 g/mol. The van der Waals surface area contributed by atoms with E-state index in [1.165, 1.54) is 29.4 Å². The number of likely N-dealkylation sites (tertiary alicyclic amines) is 1. The number of amides is 1. The number of hydrogen-bond donors (Lipinski definition) is 1. The molecule has 8 heteroatoms. The van der Waals surface area contributed by atoms with Crippen molar-refractivity contribution in [2.75, 3.05) is 7.11 Å². The van der Waals surface area contributed by atoms with Crippen molar-refractivity contribution < 1.29 is 24.2 Å². The number of halogens is 1. The molecule has 1 aliphatic heterocycles. The number of hydrogen-bond acceptors (Lipinski definition) is 6. The molecule has 5 rings (SSSR count). The van der Waals surface area contributed by atoms with E-state index in [0.717, 1.165) is 4.88 Å². The Morgan fingerprint density at radius 2 is 1.76 bits per heavy atom. The number of carbonyl (C=O) groups is 2. The lowest BCUT2D eigenvalue weighted by Crippen LogP contribution is -2.28. The van der Waals surface area contributed by atoms with E-state index < -0.39 is 17.7 Å². The maximum atomic E-state index is 13.4. The number of para-hydroxylation sites is 1. The van der Waals surface area contributed by atoms with Crippen molar-refractivity contribution in [2.24, 2.45) is 0 Å². The molecule has 1 aromatic heterocycles. The van der Waals surface area contributed by atoms with Gasteiger partial charge in [-0.2, -0.15) is 0 Å². The molecule has 1 amide bonds. The van der Waals surface area contributed by atoms with Gasteiger partial charge in [0.05, 0.1) is 30.8 Å². The fraction of sp³-hybridized carbons (Fsp3) is 0.103. The maximum absolute atomic E-state index is 13.4. The van der Waals surface area contributed by atoms with Crippen molar-refractivity contribution >= 4 is 40.4 Å². The first-order chi connectivity index (χ1) is 18.0. The summed E-state index contributed by atoms with van der Waals surface area (Å²) in [4.78, 5) is 29.1. The van der Waals surface area contributed by atoms with E-state index in [4.69, 9.17) is 21.1 Å². The van der Waals surface area contributed by atoms with Crippen LogP contribution in [0.3, 0.4) is 0 Å². The van der Waals surface area contributed by atoms with Gasteiger partial charge in [0.15, 0.2) is 0 Å². The van der Waals surface area contributed by atoms with Crippen molar-refractivity contribution in [1.82, 2.24) is 4.90 Å². The number of aliphatic hydroxyl groups is 1. The Kier molecular flexibility index (Phi) is 6.99. The standard InChI is InChI=1S/C29H22ClNO5S/c1-35-24-13-12-19(30)16-23(24)27(32)25-26(31(29(34)28(25)33)17-22-11-6-14-37-22)18-7-5-10-21(15-18)36-20-8-3-2-4-9-20/h2-16,26,32H,17H2,1H3/b27-25+. The largest absolute Gasteiger partial charge is 0.507 e.